The third-order valence-corrected chi connectivity index (χ3v) is 3.45. The fourth-order valence-corrected chi connectivity index (χ4v) is 2.31. The van der Waals surface area contributed by atoms with E-state index in [2.05, 4.69) is 5.32 Å². The summed E-state index contributed by atoms with van der Waals surface area (Å²) >= 11 is 5.79. The molecule has 2 N–H and O–H groups in total. The number of rotatable bonds is 2. The maximum atomic E-state index is 12.1. The molecule has 1 aromatic carbocycles. The van der Waals surface area contributed by atoms with E-state index >= 15 is 0 Å². The molecule has 1 saturated heterocycles. The van der Waals surface area contributed by atoms with E-state index in [-0.39, 0.29) is 18.7 Å². The number of anilines is 1. The minimum absolute atomic E-state index is 0.0219. The van der Waals surface area contributed by atoms with Gasteiger partial charge in [-0.25, -0.2) is 4.79 Å². The number of aliphatic hydroxyl groups excluding tert-OH is 1. The van der Waals surface area contributed by atoms with Crippen LogP contribution in [0.1, 0.15) is 19.3 Å². The summed E-state index contributed by atoms with van der Waals surface area (Å²) in [4.78, 5) is 13.8. The molecule has 98 valence electrons. The van der Waals surface area contributed by atoms with Crippen LogP contribution in [-0.2, 0) is 0 Å². The van der Waals surface area contributed by atoms with Crippen LogP contribution in [0.3, 0.4) is 0 Å². The van der Waals surface area contributed by atoms with Gasteiger partial charge in [0, 0.05) is 17.3 Å². The van der Waals surface area contributed by atoms with Gasteiger partial charge in [0.2, 0.25) is 0 Å². The number of likely N-dealkylation sites (tertiary alicyclic amines) is 1. The molecule has 2 rings (SSSR count). The number of amides is 2. The summed E-state index contributed by atoms with van der Waals surface area (Å²) in [6, 6.07) is 6.77. The van der Waals surface area contributed by atoms with Gasteiger partial charge in [0.05, 0.1) is 12.6 Å². The Balaban J connectivity index is 2.00. The van der Waals surface area contributed by atoms with Crippen LogP contribution in [0.5, 0.6) is 0 Å². The molecular formula is C13H17ClN2O2. The highest BCUT2D eigenvalue weighted by Gasteiger charge is 2.25. The predicted octanol–water partition coefficient (Wildman–Crippen LogP) is 2.72. The molecule has 0 spiro atoms. The zero-order chi connectivity index (χ0) is 13.0. The Kier molecular flexibility index (Phi) is 4.44. The first-order valence-corrected chi connectivity index (χ1v) is 6.52. The number of piperidine rings is 1. The van der Waals surface area contributed by atoms with Crippen molar-refractivity contribution in [2.45, 2.75) is 25.3 Å². The number of carbonyl (C=O) groups excluding carboxylic acids is 1. The first-order valence-electron chi connectivity index (χ1n) is 6.15. The lowest BCUT2D eigenvalue weighted by atomic mass is 10.0. The monoisotopic (exact) mass is 268 g/mol. The topological polar surface area (TPSA) is 52.6 Å². The van der Waals surface area contributed by atoms with Crippen LogP contribution in [0.2, 0.25) is 5.02 Å². The maximum absolute atomic E-state index is 12.1. The second-order valence-corrected chi connectivity index (χ2v) is 4.90. The Morgan fingerprint density at radius 2 is 2.11 bits per heavy atom. The SMILES string of the molecule is O=C(Nc1ccc(Cl)cc1)N1CCCCC1CO. The van der Waals surface area contributed by atoms with Crippen LogP contribution >= 0.6 is 11.6 Å². The molecule has 0 bridgehead atoms. The number of hydrogen-bond acceptors (Lipinski definition) is 2. The Labute approximate surface area is 112 Å². The van der Waals surface area contributed by atoms with Crippen molar-refractivity contribution in [3.63, 3.8) is 0 Å². The molecule has 0 aromatic heterocycles. The number of halogens is 1. The van der Waals surface area contributed by atoms with Crippen LogP contribution in [0.25, 0.3) is 0 Å². The summed E-state index contributed by atoms with van der Waals surface area (Å²) in [6.45, 7) is 0.721. The van der Waals surface area contributed by atoms with E-state index in [0.29, 0.717) is 17.3 Å². The molecule has 5 heteroatoms. The number of urea groups is 1. The van der Waals surface area contributed by atoms with Gasteiger partial charge < -0.3 is 15.3 Å². The number of hydrogen-bond donors (Lipinski definition) is 2. The van der Waals surface area contributed by atoms with Gasteiger partial charge in [0.15, 0.2) is 0 Å². The van der Waals surface area contributed by atoms with Crippen molar-refractivity contribution in [2.24, 2.45) is 0 Å². The van der Waals surface area contributed by atoms with Gasteiger partial charge in [-0.1, -0.05) is 11.6 Å². The first-order chi connectivity index (χ1) is 8.70. The molecule has 1 unspecified atom stereocenters. The molecule has 1 heterocycles. The Morgan fingerprint density at radius 1 is 1.39 bits per heavy atom. The number of nitrogens with one attached hydrogen (secondary N) is 1. The zero-order valence-corrected chi connectivity index (χ0v) is 10.9. The second kappa shape index (κ2) is 6.07. The summed E-state index contributed by atoms with van der Waals surface area (Å²) in [6.07, 6.45) is 2.92. The summed E-state index contributed by atoms with van der Waals surface area (Å²) in [5.74, 6) is 0. The third-order valence-electron chi connectivity index (χ3n) is 3.19. The molecular weight excluding hydrogens is 252 g/mol. The predicted molar refractivity (Wildman–Crippen MR) is 71.9 cm³/mol. The van der Waals surface area contributed by atoms with E-state index in [1.807, 2.05) is 0 Å². The molecule has 0 aliphatic carbocycles. The highest BCUT2D eigenvalue weighted by atomic mass is 35.5. The molecule has 1 fully saturated rings. The van der Waals surface area contributed by atoms with Gasteiger partial charge in [-0.2, -0.15) is 0 Å². The maximum Gasteiger partial charge on any atom is 0.322 e. The van der Waals surface area contributed by atoms with E-state index in [4.69, 9.17) is 11.6 Å². The van der Waals surface area contributed by atoms with Crippen molar-refractivity contribution in [3.8, 4) is 0 Å². The highest BCUT2D eigenvalue weighted by molar-refractivity contribution is 6.30. The van der Waals surface area contributed by atoms with E-state index in [1.165, 1.54) is 0 Å². The molecule has 0 radical (unpaired) electrons. The van der Waals surface area contributed by atoms with Crippen LogP contribution in [0.15, 0.2) is 24.3 Å². The van der Waals surface area contributed by atoms with Gasteiger partial charge in [0.25, 0.3) is 0 Å². The number of aliphatic hydroxyl groups is 1. The van der Waals surface area contributed by atoms with Crippen LogP contribution in [0, 0.1) is 0 Å². The van der Waals surface area contributed by atoms with Crippen molar-refractivity contribution in [1.29, 1.82) is 0 Å². The standard InChI is InChI=1S/C13H17ClN2O2/c14-10-4-6-11(7-5-10)15-13(18)16-8-2-1-3-12(16)9-17/h4-7,12,17H,1-3,8-9H2,(H,15,18). The molecule has 1 atom stereocenters. The Bertz CT molecular complexity index is 408. The lowest BCUT2D eigenvalue weighted by molar-refractivity contribution is 0.115. The van der Waals surface area contributed by atoms with E-state index in [1.54, 1.807) is 29.2 Å². The second-order valence-electron chi connectivity index (χ2n) is 4.46. The van der Waals surface area contributed by atoms with E-state index in [9.17, 15) is 9.90 Å². The number of nitrogens with zero attached hydrogens (tertiary/aromatic N) is 1. The van der Waals surface area contributed by atoms with Crippen molar-refractivity contribution >= 4 is 23.3 Å². The lowest BCUT2D eigenvalue weighted by Gasteiger charge is -2.34. The Morgan fingerprint density at radius 3 is 2.78 bits per heavy atom. The average molecular weight is 269 g/mol. The minimum atomic E-state index is -0.156. The normalized spacial score (nSPS) is 19.7. The van der Waals surface area contributed by atoms with Gasteiger partial charge >= 0.3 is 6.03 Å². The molecule has 0 saturated carbocycles. The Hall–Kier alpha value is -1.26. The minimum Gasteiger partial charge on any atom is -0.394 e. The largest absolute Gasteiger partial charge is 0.394 e. The quantitative estimate of drug-likeness (QED) is 0.867. The van der Waals surface area contributed by atoms with Crippen molar-refractivity contribution in [1.82, 2.24) is 4.90 Å². The zero-order valence-electron chi connectivity index (χ0n) is 10.1. The summed E-state index contributed by atoms with van der Waals surface area (Å²) in [5, 5.41) is 12.7. The molecule has 1 aliphatic rings. The average Bonchev–Trinajstić information content (AvgIpc) is 2.41. The van der Waals surface area contributed by atoms with Crippen molar-refractivity contribution in [3.05, 3.63) is 29.3 Å². The molecule has 18 heavy (non-hydrogen) atoms. The first kappa shape index (κ1) is 13.2. The van der Waals surface area contributed by atoms with Gasteiger partial charge in [-0.15, -0.1) is 0 Å². The summed E-state index contributed by atoms with van der Waals surface area (Å²) < 4.78 is 0. The van der Waals surface area contributed by atoms with Gasteiger partial charge in [-0.3, -0.25) is 0 Å². The van der Waals surface area contributed by atoms with Crippen LogP contribution < -0.4 is 5.32 Å². The summed E-state index contributed by atoms with van der Waals surface area (Å²) in [5.41, 5.74) is 0.715. The third kappa shape index (κ3) is 3.15. The van der Waals surface area contributed by atoms with Crippen LogP contribution in [0.4, 0.5) is 10.5 Å². The lowest BCUT2D eigenvalue weighted by Crippen LogP contribution is -2.47. The fraction of sp³-hybridized carbons (Fsp3) is 0.462. The number of benzene rings is 1. The van der Waals surface area contributed by atoms with Gasteiger partial charge in [0.1, 0.15) is 0 Å². The van der Waals surface area contributed by atoms with Crippen molar-refractivity contribution in [2.75, 3.05) is 18.5 Å². The molecule has 2 amide bonds. The summed E-state index contributed by atoms with van der Waals surface area (Å²) in [7, 11) is 0. The van der Waals surface area contributed by atoms with Crippen LogP contribution in [-0.4, -0.2) is 35.2 Å². The highest BCUT2D eigenvalue weighted by Crippen LogP contribution is 2.19. The van der Waals surface area contributed by atoms with E-state index in [0.717, 1.165) is 19.3 Å². The molecule has 1 aliphatic heterocycles. The van der Waals surface area contributed by atoms with Gasteiger partial charge in [-0.05, 0) is 43.5 Å². The molecule has 4 nitrogen and oxygen atoms in total. The van der Waals surface area contributed by atoms with E-state index < -0.39 is 0 Å². The fourth-order valence-electron chi connectivity index (χ4n) is 2.19. The smallest absolute Gasteiger partial charge is 0.322 e. The number of carbonyl (C=O) groups is 1. The molecule has 1 aromatic rings. The van der Waals surface area contributed by atoms with Crippen molar-refractivity contribution < 1.29 is 9.90 Å².